The van der Waals surface area contributed by atoms with Gasteiger partial charge in [-0.15, -0.1) is 0 Å². The molecule has 1 aromatic carbocycles. The van der Waals surface area contributed by atoms with Gasteiger partial charge in [-0.05, 0) is 37.3 Å². The molecular weight excluding hydrogens is 323 g/mol. The molecule has 0 aliphatic carbocycles. The maximum absolute atomic E-state index is 13.1. The van der Waals surface area contributed by atoms with Crippen molar-refractivity contribution in [2.75, 3.05) is 12.4 Å². The standard InChI is InChI=1S/C16H16ClFN2O3/c1-10(14-4-3-7-23-14)20(2)16(22)9-15(21)19-11-5-6-13(18)12(17)8-11/h3-8,10H,9H2,1-2H3,(H,19,21)/t10-/m0/s1. The van der Waals surface area contributed by atoms with Gasteiger partial charge >= 0.3 is 0 Å². The molecule has 23 heavy (non-hydrogen) atoms. The zero-order valence-corrected chi connectivity index (χ0v) is 13.4. The summed E-state index contributed by atoms with van der Waals surface area (Å²) < 4.78 is 18.3. The average molecular weight is 339 g/mol. The van der Waals surface area contributed by atoms with Crippen molar-refractivity contribution in [2.45, 2.75) is 19.4 Å². The van der Waals surface area contributed by atoms with E-state index >= 15 is 0 Å². The highest BCUT2D eigenvalue weighted by Crippen LogP contribution is 2.21. The van der Waals surface area contributed by atoms with Crippen LogP contribution in [-0.2, 0) is 9.59 Å². The second kappa shape index (κ2) is 7.28. The fourth-order valence-electron chi connectivity index (χ4n) is 1.98. The molecule has 0 saturated heterocycles. The molecule has 2 amide bonds. The fraction of sp³-hybridized carbons (Fsp3) is 0.250. The van der Waals surface area contributed by atoms with Crippen LogP contribution in [0.15, 0.2) is 41.0 Å². The first-order valence-corrected chi connectivity index (χ1v) is 7.30. The van der Waals surface area contributed by atoms with Crippen LogP contribution >= 0.6 is 11.6 Å². The molecule has 1 atom stereocenters. The van der Waals surface area contributed by atoms with Crippen molar-refractivity contribution in [1.82, 2.24) is 4.90 Å². The normalized spacial score (nSPS) is 11.8. The number of halogens is 2. The van der Waals surface area contributed by atoms with Crippen molar-refractivity contribution in [2.24, 2.45) is 0 Å². The fourth-order valence-corrected chi connectivity index (χ4v) is 2.16. The number of rotatable bonds is 5. The number of hydrogen-bond donors (Lipinski definition) is 1. The number of anilines is 1. The van der Waals surface area contributed by atoms with Crippen molar-refractivity contribution in [3.8, 4) is 0 Å². The summed E-state index contributed by atoms with van der Waals surface area (Å²) in [6, 6.07) is 7.01. The van der Waals surface area contributed by atoms with Gasteiger partial charge in [-0.25, -0.2) is 4.39 Å². The van der Waals surface area contributed by atoms with Gasteiger partial charge < -0.3 is 14.6 Å². The third kappa shape index (κ3) is 4.32. The minimum atomic E-state index is -0.576. The van der Waals surface area contributed by atoms with Crippen molar-refractivity contribution < 1.29 is 18.4 Å². The lowest BCUT2D eigenvalue weighted by molar-refractivity contribution is -0.135. The first-order chi connectivity index (χ1) is 10.9. The number of nitrogens with one attached hydrogen (secondary N) is 1. The number of carbonyl (C=O) groups is 2. The Balaban J connectivity index is 1.93. The molecule has 1 N–H and O–H groups in total. The maximum Gasteiger partial charge on any atom is 0.233 e. The second-order valence-corrected chi connectivity index (χ2v) is 5.46. The van der Waals surface area contributed by atoms with Crippen LogP contribution in [0, 0.1) is 5.82 Å². The maximum atomic E-state index is 13.1. The smallest absolute Gasteiger partial charge is 0.233 e. The van der Waals surface area contributed by atoms with Gasteiger partial charge in [-0.1, -0.05) is 11.6 Å². The summed E-state index contributed by atoms with van der Waals surface area (Å²) in [7, 11) is 1.59. The van der Waals surface area contributed by atoms with Crippen molar-refractivity contribution in [3.05, 3.63) is 53.2 Å². The Morgan fingerprint density at radius 1 is 1.39 bits per heavy atom. The van der Waals surface area contributed by atoms with E-state index < -0.39 is 11.7 Å². The lowest BCUT2D eigenvalue weighted by atomic mass is 10.2. The summed E-state index contributed by atoms with van der Waals surface area (Å²) in [6.07, 6.45) is 1.19. The van der Waals surface area contributed by atoms with Gasteiger partial charge in [0.1, 0.15) is 18.0 Å². The zero-order valence-electron chi connectivity index (χ0n) is 12.7. The van der Waals surface area contributed by atoms with Crippen LogP contribution in [0.5, 0.6) is 0 Å². The lowest BCUT2D eigenvalue weighted by Crippen LogP contribution is -2.32. The molecule has 0 bridgehead atoms. The molecule has 0 aliphatic heterocycles. The van der Waals surface area contributed by atoms with Crippen LogP contribution in [0.4, 0.5) is 10.1 Å². The van der Waals surface area contributed by atoms with E-state index in [-0.39, 0.29) is 23.4 Å². The van der Waals surface area contributed by atoms with E-state index in [1.54, 1.807) is 26.1 Å². The molecule has 2 rings (SSSR count). The van der Waals surface area contributed by atoms with Gasteiger partial charge in [-0.2, -0.15) is 0 Å². The van der Waals surface area contributed by atoms with Gasteiger partial charge in [0.25, 0.3) is 0 Å². The average Bonchev–Trinajstić information content (AvgIpc) is 3.03. The first-order valence-electron chi connectivity index (χ1n) is 6.92. The summed E-state index contributed by atoms with van der Waals surface area (Å²) in [6.45, 7) is 1.80. The summed E-state index contributed by atoms with van der Waals surface area (Å²) in [5.41, 5.74) is 0.330. The third-order valence-electron chi connectivity index (χ3n) is 3.44. The SMILES string of the molecule is C[C@@H](c1ccco1)N(C)C(=O)CC(=O)Nc1ccc(F)c(Cl)c1. The quantitative estimate of drug-likeness (QED) is 0.847. The van der Waals surface area contributed by atoms with Crippen molar-refractivity contribution in [1.29, 1.82) is 0 Å². The predicted molar refractivity (Wildman–Crippen MR) is 84.5 cm³/mol. The molecule has 0 spiro atoms. The highest BCUT2D eigenvalue weighted by atomic mass is 35.5. The molecule has 7 heteroatoms. The summed E-state index contributed by atoms with van der Waals surface area (Å²) in [5, 5.41) is 2.41. The van der Waals surface area contributed by atoms with Gasteiger partial charge in [0, 0.05) is 12.7 Å². The van der Waals surface area contributed by atoms with Crippen LogP contribution in [0.25, 0.3) is 0 Å². The van der Waals surface area contributed by atoms with E-state index in [4.69, 9.17) is 16.0 Å². The van der Waals surface area contributed by atoms with E-state index in [0.29, 0.717) is 11.4 Å². The Morgan fingerprint density at radius 3 is 2.74 bits per heavy atom. The van der Waals surface area contributed by atoms with E-state index in [1.807, 2.05) is 0 Å². The highest BCUT2D eigenvalue weighted by molar-refractivity contribution is 6.31. The van der Waals surface area contributed by atoms with Crippen LogP contribution in [-0.4, -0.2) is 23.8 Å². The lowest BCUT2D eigenvalue weighted by Gasteiger charge is -2.23. The number of furan rings is 1. The van der Waals surface area contributed by atoms with E-state index in [9.17, 15) is 14.0 Å². The third-order valence-corrected chi connectivity index (χ3v) is 3.73. The highest BCUT2D eigenvalue weighted by Gasteiger charge is 2.21. The molecule has 5 nitrogen and oxygen atoms in total. The molecule has 0 saturated carbocycles. The molecule has 0 fully saturated rings. The second-order valence-electron chi connectivity index (χ2n) is 5.05. The number of amides is 2. The molecule has 0 radical (unpaired) electrons. The Hall–Kier alpha value is -2.34. The zero-order chi connectivity index (χ0) is 17.0. The molecule has 0 unspecified atom stereocenters. The summed E-state index contributed by atoms with van der Waals surface area (Å²) in [4.78, 5) is 25.5. The summed E-state index contributed by atoms with van der Waals surface area (Å²) in [5.74, 6) is -0.810. The van der Waals surface area contributed by atoms with Crippen LogP contribution in [0.3, 0.4) is 0 Å². The van der Waals surface area contributed by atoms with Crippen LogP contribution in [0.1, 0.15) is 25.1 Å². The number of nitrogens with zero attached hydrogens (tertiary/aromatic N) is 1. The number of benzene rings is 1. The van der Waals surface area contributed by atoms with Gasteiger partial charge in [0.05, 0.1) is 17.3 Å². The molecular formula is C16H16ClFN2O3. The Bertz CT molecular complexity index is 703. The Kier molecular flexibility index (Phi) is 5.39. The largest absolute Gasteiger partial charge is 0.467 e. The van der Waals surface area contributed by atoms with Gasteiger partial charge in [-0.3, -0.25) is 9.59 Å². The van der Waals surface area contributed by atoms with Gasteiger partial charge in [0.2, 0.25) is 11.8 Å². The summed E-state index contributed by atoms with van der Waals surface area (Å²) >= 11 is 5.64. The molecule has 1 aromatic heterocycles. The number of carbonyl (C=O) groups excluding carboxylic acids is 2. The van der Waals surface area contributed by atoms with E-state index in [1.165, 1.54) is 23.3 Å². The van der Waals surface area contributed by atoms with Crippen molar-refractivity contribution in [3.63, 3.8) is 0 Å². The topological polar surface area (TPSA) is 62.6 Å². The molecule has 2 aromatic rings. The predicted octanol–water partition coefficient (Wildman–Crippen LogP) is 3.62. The first kappa shape index (κ1) is 17.0. The monoisotopic (exact) mass is 338 g/mol. The molecule has 0 aliphatic rings. The molecule has 1 heterocycles. The minimum absolute atomic E-state index is 0.0994. The number of hydrogen-bond acceptors (Lipinski definition) is 3. The molecule has 122 valence electrons. The Labute approximate surface area is 138 Å². The van der Waals surface area contributed by atoms with Crippen LogP contribution < -0.4 is 5.32 Å². The Morgan fingerprint density at radius 2 is 2.13 bits per heavy atom. The van der Waals surface area contributed by atoms with E-state index in [0.717, 1.165) is 6.07 Å². The minimum Gasteiger partial charge on any atom is -0.467 e. The van der Waals surface area contributed by atoms with Crippen molar-refractivity contribution >= 4 is 29.1 Å². The van der Waals surface area contributed by atoms with E-state index in [2.05, 4.69) is 5.32 Å². The van der Waals surface area contributed by atoms with Crippen LogP contribution in [0.2, 0.25) is 5.02 Å². The van der Waals surface area contributed by atoms with Gasteiger partial charge in [0.15, 0.2) is 0 Å².